The molecule has 0 unspecified atom stereocenters. The van der Waals surface area contributed by atoms with Crippen molar-refractivity contribution in [2.75, 3.05) is 39.8 Å². The van der Waals surface area contributed by atoms with E-state index in [9.17, 15) is 4.79 Å². The zero-order chi connectivity index (χ0) is 15.1. The van der Waals surface area contributed by atoms with Crippen LogP contribution in [0.3, 0.4) is 0 Å². The van der Waals surface area contributed by atoms with Crippen LogP contribution in [0.4, 0.5) is 0 Å². The summed E-state index contributed by atoms with van der Waals surface area (Å²) in [4.78, 5) is 20.6. The number of nitrogens with zero attached hydrogens (tertiary/aromatic N) is 4. The minimum atomic E-state index is -0.0517. The van der Waals surface area contributed by atoms with Gasteiger partial charge in [0.2, 0.25) is 5.91 Å². The highest BCUT2D eigenvalue weighted by atomic mass is 16.2. The summed E-state index contributed by atoms with van der Waals surface area (Å²) in [6, 6.07) is 5.62. The molecule has 0 atom stereocenters. The lowest BCUT2D eigenvalue weighted by molar-refractivity contribution is -0.121. The van der Waals surface area contributed by atoms with Crippen molar-refractivity contribution in [3.05, 3.63) is 30.1 Å². The van der Waals surface area contributed by atoms with Gasteiger partial charge in [-0.2, -0.15) is 5.10 Å². The van der Waals surface area contributed by atoms with Crippen molar-refractivity contribution in [1.82, 2.24) is 20.2 Å². The van der Waals surface area contributed by atoms with E-state index in [0.29, 0.717) is 12.1 Å². The average molecular weight is 289 g/mol. The minimum Gasteiger partial charge on any atom is -0.304 e. The first-order valence-electron chi connectivity index (χ1n) is 7.30. The van der Waals surface area contributed by atoms with E-state index in [1.807, 2.05) is 25.1 Å². The van der Waals surface area contributed by atoms with Gasteiger partial charge in [-0.05, 0) is 26.1 Å². The fourth-order valence-electron chi connectivity index (χ4n) is 2.17. The summed E-state index contributed by atoms with van der Waals surface area (Å²) in [5, 5.41) is 4.10. The van der Waals surface area contributed by atoms with E-state index in [4.69, 9.17) is 0 Å². The molecule has 0 saturated carbocycles. The number of pyridine rings is 1. The van der Waals surface area contributed by atoms with Gasteiger partial charge in [-0.25, -0.2) is 5.43 Å². The maximum Gasteiger partial charge on any atom is 0.241 e. The number of aromatic nitrogens is 1. The first-order chi connectivity index (χ1) is 10.1. The fourth-order valence-corrected chi connectivity index (χ4v) is 2.17. The molecule has 6 heteroatoms. The van der Waals surface area contributed by atoms with Gasteiger partial charge in [-0.1, -0.05) is 6.07 Å². The zero-order valence-corrected chi connectivity index (χ0v) is 12.7. The van der Waals surface area contributed by atoms with Gasteiger partial charge >= 0.3 is 0 Å². The summed E-state index contributed by atoms with van der Waals surface area (Å²) in [7, 11) is 2.12. The molecule has 0 radical (unpaired) electrons. The molecule has 0 aliphatic carbocycles. The monoisotopic (exact) mass is 289 g/mol. The molecular formula is C15H23N5O. The Hall–Kier alpha value is -1.79. The first kappa shape index (κ1) is 15.6. The average Bonchev–Trinajstić information content (AvgIpc) is 2.53. The SMILES string of the molecule is C/C(=N\NC(=O)CCN1CCN(C)CC1)c1ccccn1. The molecule has 1 fully saturated rings. The van der Waals surface area contributed by atoms with Crippen molar-refractivity contribution in [1.29, 1.82) is 0 Å². The predicted molar refractivity (Wildman–Crippen MR) is 83.1 cm³/mol. The minimum absolute atomic E-state index is 0.0517. The second-order valence-electron chi connectivity index (χ2n) is 5.34. The molecule has 1 saturated heterocycles. The number of carbonyl (C=O) groups excluding carboxylic acids is 1. The quantitative estimate of drug-likeness (QED) is 0.635. The smallest absolute Gasteiger partial charge is 0.241 e. The van der Waals surface area contributed by atoms with E-state index < -0.39 is 0 Å². The summed E-state index contributed by atoms with van der Waals surface area (Å²) >= 11 is 0. The third kappa shape index (κ3) is 5.24. The van der Waals surface area contributed by atoms with Crippen molar-refractivity contribution in [2.45, 2.75) is 13.3 Å². The van der Waals surface area contributed by atoms with Crippen LogP contribution in [-0.4, -0.2) is 66.2 Å². The van der Waals surface area contributed by atoms with Crippen LogP contribution >= 0.6 is 0 Å². The van der Waals surface area contributed by atoms with Crippen LogP contribution in [0.25, 0.3) is 0 Å². The Morgan fingerprint density at radius 1 is 1.33 bits per heavy atom. The molecular weight excluding hydrogens is 266 g/mol. The lowest BCUT2D eigenvalue weighted by Gasteiger charge is -2.32. The van der Waals surface area contributed by atoms with E-state index in [1.165, 1.54) is 0 Å². The molecule has 1 N–H and O–H groups in total. The van der Waals surface area contributed by atoms with Crippen molar-refractivity contribution in [3.8, 4) is 0 Å². The standard InChI is InChI=1S/C15H23N5O/c1-13(14-5-3-4-7-16-14)17-18-15(21)6-8-20-11-9-19(2)10-12-20/h3-5,7H,6,8-12H2,1-2H3,(H,18,21)/b17-13+. The molecule has 0 bridgehead atoms. The second-order valence-corrected chi connectivity index (χ2v) is 5.34. The lowest BCUT2D eigenvalue weighted by atomic mass is 10.3. The molecule has 2 heterocycles. The Morgan fingerprint density at radius 2 is 2.10 bits per heavy atom. The largest absolute Gasteiger partial charge is 0.304 e. The van der Waals surface area contributed by atoms with Gasteiger partial charge in [0, 0.05) is 45.3 Å². The van der Waals surface area contributed by atoms with Gasteiger partial charge in [-0.3, -0.25) is 9.78 Å². The van der Waals surface area contributed by atoms with E-state index in [-0.39, 0.29) is 5.91 Å². The Bertz CT molecular complexity index is 480. The summed E-state index contributed by atoms with van der Waals surface area (Å²) in [6.45, 7) is 6.82. The topological polar surface area (TPSA) is 60.8 Å². The Labute approximate surface area is 125 Å². The number of carbonyl (C=O) groups is 1. The molecule has 1 aromatic rings. The molecule has 1 aliphatic heterocycles. The molecule has 21 heavy (non-hydrogen) atoms. The summed E-state index contributed by atoms with van der Waals surface area (Å²) in [5.74, 6) is -0.0517. The molecule has 1 amide bonds. The fraction of sp³-hybridized carbons (Fsp3) is 0.533. The van der Waals surface area contributed by atoms with Gasteiger partial charge in [-0.15, -0.1) is 0 Å². The van der Waals surface area contributed by atoms with E-state index in [1.54, 1.807) is 6.20 Å². The number of amides is 1. The van der Waals surface area contributed by atoms with Gasteiger partial charge in [0.1, 0.15) is 0 Å². The number of hydrazone groups is 1. The summed E-state index contributed by atoms with van der Waals surface area (Å²) < 4.78 is 0. The normalized spacial score (nSPS) is 17.7. The van der Waals surface area contributed by atoms with Crippen LogP contribution in [0.15, 0.2) is 29.5 Å². The number of rotatable bonds is 5. The van der Waals surface area contributed by atoms with Gasteiger partial charge in [0.25, 0.3) is 0 Å². The highest BCUT2D eigenvalue weighted by molar-refractivity contribution is 5.97. The third-order valence-corrected chi connectivity index (χ3v) is 3.63. The Kier molecular flexibility index (Phi) is 5.83. The number of hydrogen-bond donors (Lipinski definition) is 1. The van der Waals surface area contributed by atoms with Gasteiger partial charge in [0.05, 0.1) is 11.4 Å². The van der Waals surface area contributed by atoms with E-state index >= 15 is 0 Å². The van der Waals surface area contributed by atoms with Crippen LogP contribution in [0, 0.1) is 0 Å². The van der Waals surface area contributed by atoms with Gasteiger partial charge in [0.15, 0.2) is 0 Å². The molecule has 0 aromatic carbocycles. The molecule has 114 valence electrons. The third-order valence-electron chi connectivity index (χ3n) is 3.63. The number of likely N-dealkylation sites (N-methyl/N-ethyl adjacent to an activating group) is 1. The van der Waals surface area contributed by atoms with Crippen LogP contribution in [0.2, 0.25) is 0 Å². The molecule has 2 rings (SSSR count). The van der Waals surface area contributed by atoms with Crippen LogP contribution in [0.1, 0.15) is 19.0 Å². The highest BCUT2D eigenvalue weighted by Gasteiger charge is 2.14. The zero-order valence-electron chi connectivity index (χ0n) is 12.7. The van der Waals surface area contributed by atoms with Gasteiger partial charge < -0.3 is 9.80 Å². The van der Waals surface area contributed by atoms with Crippen LogP contribution in [0.5, 0.6) is 0 Å². The van der Waals surface area contributed by atoms with E-state index in [2.05, 4.69) is 32.4 Å². The number of hydrogen-bond acceptors (Lipinski definition) is 5. The van der Waals surface area contributed by atoms with Crippen molar-refractivity contribution in [3.63, 3.8) is 0 Å². The van der Waals surface area contributed by atoms with E-state index in [0.717, 1.165) is 38.4 Å². The lowest BCUT2D eigenvalue weighted by Crippen LogP contribution is -2.45. The van der Waals surface area contributed by atoms with Crippen molar-refractivity contribution < 1.29 is 4.79 Å². The molecule has 0 spiro atoms. The molecule has 1 aliphatic rings. The number of piperazine rings is 1. The first-order valence-corrected chi connectivity index (χ1v) is 7.30. The van der Waals surface area contributed by atoms with Crippen LogP contribution in [-0.2, 0) is 4.79 Å². The number of nitrogens with one attached hydrogen (secondary N) is 1. The summed E-state index contributed by atoms with van der Waals surface area (Å²) in [6.07, 6.45) is 2.19. The predicted octanol–water partition coefficient (Wildman–Crippen LogP) is 0.559. The Balaban J connectivity index is 1.72. The maximum atomic E-state index is 11.8. The highest BCUT2D eigenvalue weighted by Crippen LogP contribution is 2.00. The summed E-state index contributed by atoms with van der Waals surface area (Å²) in [5.41, 5.74) is 4.09. The second kappa shape index (κ2) is 7.85. The maximum absolute atomic E-state index is 11.8. The molecule has 6 nitrogen and oxygen atoms in total. The molecule has 1 aromatic heterocycles. The Morgan fingerprint density at radius 3 is 2.76 bits per heavy atom. The van der Waals surface area contributed by atoms with Crippen molar-refractivity contribution >= 4 is 11.6 Å². The van der Waals surface area contributed by atoms with Crippen LogP contribution < -0.4 is 5.43 Å². The van der Waals surface area contributed by atoms with Crippen molar-refractivity contribution in [2.24, 2.45) is 5.10 Å².